The summed E-state index contributed by atoms with van der Waals surface area (Å²) < 4.78 is 5.19. The smallest absolute Gasteiger partial charge is 0.404 e. The topological polar surface area (TPSA) is 55.6 Å². The predicted molar refractivity (Wildman–Crippen MR) is 83.1 cm³/mol. The van der Waals surface area contributed by atoms with E-state index in [0.717, 1.165) is 16.9 Å². The summed E-state index contributed by atoms with van der Waals surface area (Å²) in [6.45, 7) is 0.571. The number of para-hydroxylation sites is 1. The van der Waals surface area contributed by atoms with E-state index in [2.05, 4.69) is 11.0 Å². The second-order valence-electron chi connectivity index (χ2n) is 4.98. The zero-order chi connectivity index (χ0) is 14.8. The van der Waals surface area contributed by atoms with E-state index in [1.165, 1.54) is 0 Å². The number of halogens is 1. The molecule has 3 rings (SSSR count). The van der Waals surface area contributed by atoms with Gasteiger partial charge in [-0.05, 0) is 35.9 Å². The average molecular weight is 303 g/mol. The minimum Gasteiger partial charge on any atom is -0.444 e. The van der Waals surface area contributed by atoms with Crippen molar-refractivity contribution in [2.75, 3.05) is 11.4 Å². The molecule has 1 unspecified atom stereocenters. The Kier molecular flexibility index (Phi) is 3.71. The normalized spacial score (nSPS) is 17.2. The minimum atomic E-state index is -0.740. The largest absolute Gasteiger partial charge is 0.444 e. The first-order valence-electron chi connectivity index (χ1n) is 6.70. The highest BCUT2D eigenvalue weighted by Gasteiger charge is 2.27. The lowest BCUT2D eigenvalue weighted by Gasteiger charge is -2.35. The van der Waals surface area contributed by atoms with Gasteiger partial charge in [-0.3, -0.25) is 0 Å². The first-order chi connectivity index (χ1) is 10.1. The molecular weight excluding hydrogens is 288 g/mol. The molecule has 0 aliphatic carbocycles. The molecule has 1 atom stereocenters. The molecule has 108 valence electrons. The number of primary amides is 1. The molecule has 0 fully saturated rings. The van der Waals surface area contributed by atoms with Gasteiger partial charge < -0.3 is 15.4 Å². The van der Waals surface area contributed by atoms with Crippen molar-refractivity contribution in [2.45, 2.75) is 12.5 Å². The van der Waals surface area contributed by atoms with Crippen LogP contribution in [0.3, 0.4) is 0 Å². The Bertz CT molecular complexity index is 658. The van der Waals surface area contributed by atoms with Gasteiger partial charge in [-0.2, -0.15) is 0 Å². The van der Waals surface area contributed by atoms with Gasteiger partial charge in [0.1, 0.15) is 6.10 Å². The number of benzene rings is 2. The summed E-state index contributed by atoms with van der Waals surface area (Å²) in [6.07, 6.45) is -0.327. The molecule has 0 bridgehead atoms. The Balaban J connectivity index is 1.97. The Hall–Kier alpha value is -2.20. The van der Waals surface area contributed by atoms with E-state index in [0.29, 0.717) is 18.0 Å². The highest BCUT2D eigenvalue weighted by Crippen LogP contribution is 2.34. The van der Waals surface area contributed by atoms with Crippen LogP contribution in [0, 0.1) is 0 Å². The third-order valence-electron chi connectivity index (χ3n) is 3.54. The van der Waals surface area contributed by atoms with Crippen LogP contribution in [-0.2, 0) is 11.2 Å². The molecule has 2 aromatic rings. The van der Waals surface area contributed by atoms with E-state index in [1.54, 1.807) is 0 Å². The maximum Gasteiger partial charge on any atom is 0.404 e. The molecule has 0 saturated heterocycles. The van der Waals surface area contributed by atoms with Crippen LogP contribution in [0.1, 0.15) is 5.56 Å². The summed E-state index contributed by atoms with van der Waals surface area (Å²) in [5.74, 6) is 0. The second kappa shape index (κ2) is 5.66. The van der Waals surface area contributed by atoms with Crippen LogP contribution in [0.4, 0.5) is 16.2 Å². The number of carbonyl (C=O) groups is 1. The average Bonchev–Trinajstić information content (AvgIpc) is 2.46. The number of ether oxygens (including phenoxy) is 1. The van der Waals surface area contributed by atoms with Crippen molar-refractivity contribution in [1.82, 2.24) is 0 Å². The highest BCUT2D eigenvalue weighted by molar-refractivity contribution is 6.30. The van der Waals surface area contributed by atoms with Crippen molar-refractivity contribution in [3.63, 3.8) is 0 Å². The van der Waals surface area contributed by atoms with Crippen LogP contribution in [0.5, 0.6) is 0 Å². The molecule has 0 spiro atoms. The second-order valence-corrected chi connectivity index (χ2v) is 5.42. The fourth-order valence-corrected chi connectivity index (χ4v) is 2.79. The van der Waals surface area contributed by atoms with E-state index in [9.17, 15) is 4.79 Å². The molecule has 2 N–H and O–H groups in total. The molecule has 5 heteroatoms. The molecule has 0 saturated carbocycles. The van der Waals surface area contributed by atoms with Crippen LogP contribution < -0.4 is 10.6 Å². The first kappa shape index (κ1) is 13.8. The number of hydrogen-bond donors (Lipinski definition) is 1. The lowest BCUT2D eigenvalue weighted by atomic mass is 9.99. The van der Waals surface area contributed by atoms with Crippen molar-refractivity contribution >= 4 is 29.1 Å². The molecule has 0 radical (unpaired) electrons. The Labute approximate surface area is 128 Å². The fraction of sp³-hybridized carbons (Fsp3) is 0.188. The van der Waals surface area contributed by atoms with Gasteiger partial charge in [-0.15, -0.1) is 0 Å². The SMILES string of the molecule is NC(=O)OC1Cc2ccccc2N(c2ccc(Cl)cc2)C1. The summed E-state index contributed by atoms with van der Waals surface area (Å²) in [6, 6.07) is 15.7. The van der Waals surface area contributed by atoms with Gasteiger partial charge in [0.25, 0.3) is 0 Å². The van der Waals surface area contributed by atoms with Crippen molar-refractivity contribution < 1.29 is 9.53 Å². The number of nitrogens with zero attached hydrogens (tertiary/aromatic N) is 1. The van der Waals surface area contributed by atoms with Crippen molar-refractivity contribution in [3.05, 3.63) is 59.1 Å². The molecule has 1 heterocycles. The van der Waals surface area contributed by atoms with Crippen molar-refractivity contribution in [2.24, 2.45) is 5.73 Å². The quantitative estimate of drug-likeness (QED) is 0.923. The molecule has 0 aromatic heterocycles. The summed E-state index contributed by atoms with van der Waals surface area (Å²) in [5, 5.41) is 0.689. The zero-order valence-corrected chi connectivity index (χ0v) is 12.1. The maximum atomic E-state index is 11.0. The zero-order valence-electron chi connectivity index (χ0n) is 11.3. The standard InChI is InChI=1S/C16H15ClN2O2/c17-12-5-7-13(8-6-12)19-10-14(21-16(18)20)9-11-3-1-2-4-15(11)19/h1-8,14H,9-10H2,(H2,18,20). The number of hydrogen-bond acceptors (Lipinski definition) is 3. The summed E-state index contributed by atoms with van der Waals surface area (Å²) in [7, 11) is 0. The van der Waals surface area contributed by atoms with Crippen LogP contribution in [0.2, 0.25) is 5.02 Å². The van der Waals surface area contributed by atoms with Crippen LogP contribution >= 0.6 is 11.6 Å². The monoisotopic (exact) mass is 302 g/mol. The lowest BCUT2D eigenvalue weighted by molar-refractivity contribution is 0.108. The maximum absolute atomic E-state index is 11.0. The molecule has 1 amide bonds. The van der Waals surface area contributed by atoms with Crippen LogP contribution in [-0.4, -0.2) is 18.7 Å². The molecular formula is C16H15ClN2O2. The highest BCUT2D eigenvalue weighted by atomic mass is 35.5. The third-order valence-corrected chi connectivity index (χ3v) is 3.79. The number of rotatable bonds is 2. The summed E-state index contributed by atoms with van der Waals surface area (Å²) in [5.41, 5.74) is 8.40. The fourth-order valence-electron chi connectivity index (χ4n) is 2.67. The molecule has 4 nitrogen and oxygen atoms in total. The van der Waals surface area contributed by atoms with Crippen LogP contribution in [0.15, 0.2) is 48.5 Å². The van der Waals surface area contributed by atoms with Gasteiger partial charge in [-0.1, -0.05) is 29.8 Å². The molecule has 1 aliphatic heterocycles. The van der Waals surface area contributed by atoms with E-state index in [-0.39, 0.29) is 6.10 Å². The van der Waals surface area contributed by atoms with Crippen molar-refractivity contribution in [3.8, 4) is 0 Å². The third kappa shape index (κ3) is 2.95. The van der Waals surface area contributed by atoms with Crippen molar-refractivity contribution in [1.29, 1.82) is 0 Å². The van der Waals surface area contributed by atoms with Gasteiger partial charge in [0, 0.05) is 22.8 Å². The van der Waals surface area contributed by atoms with E-state index in [4.69, 9.17) is 22.1 Å². The Morgan fingerprint density at radius 2 is 1.90 bits per heavy atom. The summed E-state index contributed by atoms with van der Waals surface area (Å²) in [4.78, 5) is 13.1. The molecule has 1 aliphatic rings. The molecule has 21 heavy (non-hydrogen) atoms. The van der Waals surface area contributed by atoms with Crippen LogP contribution in [0.25, 0.3) is 0 Å². The van der Waals surface area contributed by atoms with Gasteiger partial charge in [-0.25, -0.2) is 4.79 Å². The van der Waals surface area contributed by atoms with E-state index in [1.807, 2.05) is 42.5 Å². The van der Waals surface area contributed by atoms with E-state index < -0.39 is 6.09 Å². The number of anilines is 2. The minimum absolute atomic E-state index is 0.256. The first-order valence-corrected chi connectivity index (χ1v) is 7.08. The number of amides is 1. The molecule has 2 aromatic carbocycles. The van der Waals surface area contributed by atoms with Gasteiger partial charge in [0.2, 0.25) is 0 Å². The lowest BCUT2D eigenvalue weighted by Crippen LogP contribution is -2.39. The predicted octanol–water partition coefficient (Wildman–Crippen LogP) is 3.50. The number of fused-ring (bicyclic) bond motifs is 1. The van der Waals surface area contributed by atoms with Gasteiger partial charge in [0.05, 0.1) is 6.54 Å². The summed E-state index contributed by atoms with van der Waals surface area (Å²) >= 11 is 5.94. The number of carbonyl (C=O) groups excluding carboxylic acids is 1. The van der Waals surface area contributed by atoms with Gasteiger partial charge >= 0.3 is 6.09 Å². The Morgan fingerprint density at radius 3 is 2.62 bits per heavy atom. The van der Waals surface area contributed by atoms with Gasteiger partial charge in [0.15, 0.2) is 0 Å². The van der Waals surface area contributed by atoms with E-state index >= 15 is 0 Å². The Morgan fingerprint density at radius 1 is 1.19 bits per heavy atom. The number of nitrogens with two attached hydrogens (primary N) is 1.